The highest BCUT2D eigenvalue weighted by atomic mass is 19.4. The summed E-state index contributed by atoms with van der Waals surface area (Å²) in [4.78, 5) is 14.6. The normalized spacial score (nSPS) is 11.5. The molecule has 0 aliphatic heterocycles. The van der Waals surface area contributed by atoms with Gasteiger partial charge in [-0.05, 0) is 63.3 Å². The molecule has 0 aliphatic carbocycles. The van der Waals surface area contributed by atoms with Gasteiger partial charge in [0.15, 0.2) is 0 Å². The third kappa shape index (κ3) is 6.49. The summed E-state index contributed by atoms with van der Waals surface area (Å²) in [5, 5.41) is 5.19. The average Bonchev–Trinajstić information content (AvgIpc) is 3.02. The van der Waals surface area contributed by atoms with Crippen LogP contribution in [0.5, 0.6) is 0 Å². The number of nitrogens with one attached hydrogen (secondary N) is 2. The molecule has 0 saturated carbocycles. The lowest BCUT2D eigenvalue weighted by Gasteiger charge is -2.16. The molecule has 0 saturated heterocycles. The Hall–Kier alpha value is -3.00. The molecule has 1 aromatic heterocycles. The van der Waals surface area contributed by atoms with Gasteiger partial charge in [-0.2, -0.15) is 13.2 Å². The molecule has 0 aliphatic rings. The lowest BCUT2D eigenvalue weighted by molar-refractivity contribution is -0.137. The highest BCUT2D eigenvalue weighted by molar-refractivity contribution is 6.00. The summed E-state index contributed by atoms with van der Waals surface area (Å²) in [5.41, 5.74) is 2.18. The minimum atomic E-state index is -4.48. The van der Waals surface area contributed by atoms with Crippen molar-refractivity contribution in [1.29, 1.82) is 0 Å². The monoisotopic (exact) mass is 434 g/mol. The van der Waals surface area contributed by atoms with Crippen LogP contribution in [0.25, 0.3) is 5.57 Å². The minimum Gasteiger partial charge on any atom is -0.343 e. The van der Waals surface area contributed by atoms with Crippen LogP contribution in [-0.2, 0) is 12.7 Å². The number of carbonyl (C=O) groups is 1. The molecule has 5 nitrogen and oxygen atoms in total. The first kappa shape index (κ1) is 24.3. The van der Waals surface area contributed by atoms with Crippen molar-refractivity contribution < 1.29 is 18.0 Å². The summed E-state index contributed by atoms with van der Waals surface area (Å²) in [5.74, 6) is 0. The zero-order valence-electron chi connectivity index (χ0n) is 18.1. The summed E-state index contributed by atoms with van der Waals surface area (Å²) in [6, 6.07) is 5.68. The topological polar surface area (TPSA) is 49.3 Å². The molecule has 2 aromatic rings. The summed E-state index contributed by atoms with van der Waals surface area (Å²) < 4.78 is 40.7. The van der Waals surface area contributed by atoms with Crippen molar-refractivity contribution in [3.05, 3.63) is 66.5 Å². The number of alkyl halides is 3. The van der Waals surface area contributed by atoms with E-state index in [-0.39, 0.29) is 5.69 Å². The first-order valence-electron chi connectivity index (χ1n) is 10.0. The lowest BCUT2D eigenvalue weighted by atomic mass is 10.2. The Kier molecular flexibility index (Phi) is 8.10. The Morgan fingerprint density at radius 2 is 1.97 bits per heavy atom. The largest absolute Gasteiger partial charge is 0.416 e. The van der Waals surface area contributed by atoms with E-state index >= 15 is 0 Å². The highest BCUT2D eigenvalue weighted by Gasteiger charge is 2.30. The third-order valence-corrected chi connectivity index (χ3v) is 5.10. The van der Waals surface area contributed by atoms with Crippen LogP contribution in [0.4, 0.5) is 29.3 Å². The molecule has 0 atom stereocenters. The number of amides is 2. The van der Waals surface area contributed by atoms with Crippen LogP contribution in [-0.4, -0.2) is 35.6 Å². The molecule has 0 spiro atoms. The average molecular weight is 435 g/mol. The van der Waals surface area contributed by atoms with Gasteiger partial charge in [0.25, 0.3) is 0 Å². The Morgan fingerprint density at radius 3 is 2.58 bits per heavy atom. The SMILES string of the molecule is C=CC(=C)c1cc(NC(=O)Nc2cccc(C(F)(F)F)c2)c(C)n1CCCN(C)CC. The van der Waals surface area contributed by atoms with Gasteiger partial charge in [0.05, 0.1) is 11.3 Å². The van der Waals surface area contributed by atoms with E-state index in [9.17, 15) is 18.0 Å². The number of hydrogen-bond donors (Lipinski definition) is 2. The Bertz CT molecular complexity index is 947. The van der Waals surface area contributed by atoms with Crippen molar-refractivity contribution >= 4 is 23.0 Å². The van der Waals surface area contributed by atoms with Crippen molar-refractivity contribution in [2.45, 2.75) is 33.0 Å². The molecular formula is C23H29F3N4O. The molecule has 2 rings (SSSR count). The maximum Gasteiger partial charge on any atom is 0.416 e. The second kappa shape index (κ2) is 10.3. The predicted molar refractivity (Wildman–Crippen MR) is 120 cm³/mol. The first-order valence-corrected chi connectivity index (χ1v) is 10.0. The number of carbonyl (C=O) groups excluding carboxylic acids is 1. The Labute approximate surface area is 181 Å². The van der Waals surface area contributed by atoms with Gasteiger partial charge in [-0.25, -0.2) is 4.79 Å². The molecule has 0 unspecified atom stereocenters. The zero-order chi connectivity index (χ0) is 23.2. The molecule has 8 heteroatoms. The predicted octanol–water partition coefficient (Wildman–Crippen LogP) is 6.00. The third-order valence-electron chi connectivity index (χ3n) is 5.10. The fourth-order valence-corrected chi connectivity index (χ4v) is 3.15. The van der Waals surface area contributed by atoms with Crippen molar-refractivity contribution in [3.8, 4) is 0 Å². The van der Waals surface area contributed by atoms with Crippen LogP contribution in [0.3, 0.4) is 0 Å². The van der Waals surface area contributed by atoms with Crippen LogP contribution in [0.15, 0.2) is 49.6 Å². The summed E-state index contributed by atoms with van der Waals surface area (Å²) in [6.07, 6.45) is -1.92. The molecule has 0 radical (unpaired) electrons. The van der Waals surface area contributed by atoms with E-state index in [1.807, 2.05) is 6.92 Å². The molecule has 2 N–H and O–H groups in total. The van der Waals surface area contributed by atoms with Crippen molar-refractivity contribution in [3.63, 3.8) is 0 Å². The van der Waals surface area contributed by atoms with Gasteiger partial charge in [0.1, 0.15) is 0 Å². The van der Waals surface area contributed by atoms with Gasteiger partial charge in [-0.3, -0.25) is 0 Å². The van der Waals surface area contributed by atoms with Gasteiger partial charge in [0, 0.05) is 23.6 Å². The van der Waals surface area contributed by atoms with E-state index < -0.39 is 17.8 Å². The van der Waals surface area contributed by atoms with Gasteiger partial charge in [0.2, 0.25) is 0 Å². The van der Waals surface area contributed by atoms with E-state index in [4.69, 9.17) is 0 Å². The number of benzene rings is 1. The van der Waals surface area contributed by atoms with Crippen molar-refractivity contribution in [2.75, 3.05) is 30.8 Å². The molecule has 0 fully saturated rings. The Balaban J connectivity index is 2.17. The standard InChI is InChI=1S/C23H29F3N4O/c1-6-16(3)21-15-20(17(4)30(21)13-9-12-29(5)7-2)28-22(31)27-19-11-8-10-18(14-19)23(24,25)26/h6,8,10-11,14-15H,1,3,7,9,12-13H2,2,4-5H3,(H2,27,28,31). The first-order chi connectivity index (χ1) is 14.6. The fraction of sp³-hybridized carbons (Fsp3) is 0.348. The molecule has 1 aromatic carbocycles. The smallest absolute Gasteiger partial charge is 0.343 e. The fourth-order valence-electron chi connectivity index (χ4n) is 3.15. The highest BCUT2D eigenvalue weighted by Crippen LogP contribution is 2.31. The Morgan fingerprint density at radius 1 is 1.26 bits per heavy atom. The number of allylic oxidation sites excluding steroid dienone is 2. The number of hydrogen-bond acceptors (Lipinski definition) is 2. The molecule has 0 bridgehead atoms. The minimum absolute atomic E-state index is 0.0581. The van der Waals surface area contributed by atoms with E-state index in [0.29, 0.717) is 5.69 Å². The van der Waals surface area contributed by atoms with Gasteiger partial charge in [-0.1, -0.05) is 32.2 Å². The summed E-state index contributed by atoms with van der Waals surface area (Å²) >= 11 is 0. The van der Waals surface area contributed by atoms with Crippen LogP contribution in [0, 0.1) is 6.92 Å². The van der Waals surface area contributed by atoms with E-state index in [1.165, 1.54) is 12.1 Å². The lowest BCUT2D eigenvalue weighted by Crippen LogP contribution is -2.21. The van der Waals surface area contributed by atoms with Crippen LogP contribution >= 0.6 is 0 Å². The van der Waals surface area contributed by atoms with Crippen LogP contribution in [0.2, 0.25) is 0 Å². The van der Waals surface area contributed by atoms with E-state index in [2.05, 4.69) is 47.2 Å². The molecule has 1 heterocycles. The number of halogens is 3. The second-order valence-corrected chi connectivity index (χ2v) is 7.32. The van der Waals surface area contributed by atoms with Crippen LogP contribution in [0.1, 0.15) is 30.3 Å². The molecule has 31 heavy (non-hydrogen) atoms. The second-order valence-electron chi connectivity index (χ2n) is 7.32. The maximum atomic E-state index is 12.9. The quantitative estimate of drug-likeness (QED) is 0.476. The number of aromatic nitrogens is 1. The maximum absolute atomic E-state index is 12.9. The summed E-state index contributed by atoms with van der Waals surface area (Å²) in [6.45, 7) is 14.4. The zero-order valence-corrected chi connectivity index (χ0v) is 18.1. The van der Waals surface area contributed by atoms with E-state index in [1.54, 1.807) is 12.1 Å². The van der Waals surface area contributed by atoms with Gasteiger partial charge in [-0.15, -0.1) is 0 Å². The van der Waals surface area contributed by atoms with Crippen molar-refractivity contribution in [1.82, 2.24) is 9.47 Å². The molecule has 2 amide bonds. The van der Waals surface area contributed by atoms with Gasteiger partial charge < -0.3 is 20.1 Å². The number of nitrogens with zero attached hydrogens (tertiary/aromatic N) is 2. The van der Waals surface area contributed by atoms with Gasteiger partial charge >= 0.3 is 12.2 Å². The van der Waals surface area contributed by atoms with E-state index in [0.717, 1.165) is 55.1 Å². The number of rotatable bonds is 9. The van der Waals surface area contributed by atoms with Crippen LogP contribution < -0.4 is 10.6 Å². The molecule has 168 valence electrons. The summed E-state index contributed by atoms with van der Waals surface area (Å²) in [7, 11) is 2.05. The molecular weight excluding hydrogens is 405 g/mol. The van der Waals surface area contributed by atoms with Crippen molar-refractivity contribution in [2.24, 2.45) is 0 Å². The number of anilines is 2. The number of urea groups is 1.